The van der Waals surface area contributed by atoms with Crippen molar-refractivity contribution in [3.05, 3.63) is 0 Å². The molecule has 1 unspecified atom stereocenters. The van der Waals surface area contributed by atoms with Crippen LogP contribution >= 0.6 is 7.82 Å². The van der Waals surface area contributed by atoms with E-state index in [4.69, 9.17) is 23.3 Å². The summed E-state index contributed by atoms with van der Waals surface area (Å²) in [5.74, 6) is -1.58. The number of esters is 3. The van der Waals surface area contributed by atoms with Gasteiger partial charge in [0, 0.05) is 19.3 Å². The fourth-order valence-electron chi connectivity index (χ4n) is 6.61. The van der Waals surface area contributed by atoms with Gasteiger partial charge in [-0.05, 0) is 25.7 Å². The van der Waals surface area contributed by atoms with Crippen LogP contribution in [0.15, 0.2) is 0 Å². The first-order valence-corrected chi connectivity index (χ1v) is 24.9. The normalized spacial score (nSPS) is 14.1. The van der Waals surface area contributed by atoms with Gasteiger partial charge in [-0.25, -0.2) is 4.79 Å². The van der Waals surface area contributed by atoms with Crippen molar-refractivity contribution in [1.29, 1.82) is 0 Å². The summed E-state index contributed by atoms with van der Waals surface area (Å²) in [6.07, 6.45) is 30.7. The predicted octanol–water partition coefficient (Wildman–Crippen LogP) is 7.83. The van der Waals surface area contributed by atoms with Gasteiger partial charge in [0.15, 0.2) is 12.1 Å². The SMILES string of the molecule is CCCCCCCCCCCCCCCC(=O)OC[C@H](COP(=O)([O-])OC[C@@H](O)COC(=O)[C@@H]([NH3+])CCCC[NH3+])OC(=O)CCCCCCCCCCCCCCC. The summed E-state index contributed by atoms with van der Waals surface area (Å²) in [5, 5.41) is 10.1. The van der Waals surface area contributed by atoms with Crippen molar-refractivity contribution in [3.63, 3.8) is 0 Å². The Bertz CT molecular complexity index is 1020. The van der Waals surface area contributed by atoms with Gasteiger partial charge in [0.05, 0.1) is 19.8 Å². The highest BCUT2D eigenvalue weighted by atomic mass is 31.2. The molecule has 0 aliphatic heterocycles. The van der Waals surface area contributed by atoms with E-state index < -0.39 is 63.8 Å². The minimum atomic E-state index is -4.97. The molecule has 0 saturated carbocycles. The van der Waals surface area contributed by atoms with Crippen molar-refractivity contribution < 1.29 is 63.7 Å². The number of aliphatic hydroxyl groups excluding tert-OH is 1. The van der Waals surface area contributed by atoms with Crippen LogP contribution in [0.3, 0.4) is 0 Å². The highest BCUT2D eigenvalue weighted by Crippen LogP contribution is 2.38. The average Bonchev–Trinajstić information content (AvgIpc) is 3.20. The van der Waals surface area contributed by atoms with Crippen LogP contribution in [0.5, 0.6) is 0 Å². The molecular formula is C44H88N2O11P+. The summed E-state index contributed by atoms with van der Waals surface area (Å²) in [6.45, 7) is 3.05. The lowest BCUT2D eigenvalue weighted by Crippen LogP contribution is -2.65. The van der Waals surface area contributed by atoms with Gasteiger partial charge in [-0.3, -0.25) is 14.2 Å². The number of hydrogen-bond acceptors (Lipinski definition) is 11. The van der Waals surface area contributed by atoms with Gasteiger partial charge in [-0.15, -0.1) is 0 Å². The Kier molecular flexibility index (Phi) is 39.7. The summed E-state index contributed by atoms with van der Waals surface area (Å²) in [5.41, 5.74) is 7.52. The van der Waals surface area contributed by atoms with Gasteiger partial charge in [0.1, 0.15) is 19.3 Å². The quantitative estimate of drug-likeness (QED) is 0.0233. The van der Waals surface area contributed by atoms with Crippen LogP contribution in [0.2, 0.25) is 0 Å². The van der Waals surface area contributed by atoms with Crippen LogP contribution in [-0.2, 0) is 42.2 Å². The minimum Gasteiger partial charge on any atom is -0.756 e. The molecular weight excluding hydrogens is 763 g/mol. The van der Waals surface area contributed by atoms with Crippen molar-refractivity contribution in [1.82, 2.24) is 0 Å². The van der Waals surface area contributed by atoms with Gasteiger partial charge >= 0.3 is 17.9 Å². The first-order valence-electron chi connectivity index (χ1n) is 23.5. The van der Waals surface area contributed by atoms with Crippen LogP contribution in [0.25, 0.3) is 0 Å². The third-order valence-electron chi connectivity index (χ3n) is 10.3. The Hall–Kier alpha value is -1.60. The van der Waals surface area contributed by atoms with Gasteiger partial charge in [0.2, 0.25) is 0 Å². The van der Waals surface area contributed by atoms with Crippen LogP contribution in [0.4, 0.5) is 0 Å². The zero-order valence-corrected chi connectivity index (χ0v) is 38.0. The average molecular weight is 852 g/mol. The maximum absolute atomic E-state index is 12.7. The summed E-state index contributed by atoms with van der Waals surface area (Å²) in [6, 6.07) is -0.610. The molecule has 0 aliphatic rings. The fourth-order valence-corrected chi connectivity index (χ4v) is 7.39. The van der Waals surface area contributed by atoms with Crippen molar-refractivity contribution in [3.8, 4) is 0 Å². The van der Waals surface area contributed by atoms with Crippen LogP contribution in [0, 0.1) is 0 Å². The van der Waals surface area contributed by atoms with Crippen molar-refractivity contribution in [2.75, 3.05) is 33.0 Å². The standard InChI is InChI=1S/C44H87N2O11P/c1-3-5-7-9-11-13-15-17-19-21-23-25-27-32-42(48)53-37-40(57-43(49)33-28-26-24-22-20-18-16-14-12-10-8-6-4-2)38-56-58(51,52)55-36-39(47)35-54-44(50)41(46)31-29-30-34-45/h39-41,47H,3-38,45-46H2,1-2H3,(H,51,52)/p+1/t39-,40+,41-/m0/s1. The van der Waals surface area contributed by atoms with E-state index in [1.165, 1.54) is 116 Å². The van der Waals surface area contributed by atoms with E-state index in [2.05, 4.69) is 25.3 Å². The monoisotopic (exact) mass is 852 g/mol. The second kappa shape index (κ2) is 40.8. The van der Waals surface area contributed by atoms with Crippen molar-refractivity contribution >= 4 is 25.7 Å². The molecule has 0 aromatic rings. The molecule has 0 spiro atoms. The van der Waals surface area contributed by atoms with Gasteiger partial charge in [-0.2, -0.15) is 0 Å². The lowest BCUT2D eigenvalue weighted by molar-refractivity contribution is -0.410. The molecule has 344 valence electrons. The van der Waals surface area contributed by atoms with Gasteiger partial charge in [-0.1, -0.05) is 168 Å². The van der Waals surface area contributed by atoms with E-state index in [0.29, 0.717) is 19.3 Å². The summed E-state index contributed by atoms with van der Waals surface area (Å²) < 4.78 is 38.2. The molecule has 0 radical (unpaired) electrons. The third kappa shape index (κ3) is 38.6. The zero-order chi connectivity index (χ0) is 43.0. The van der Waals surface area contributed by atoms with E-state index in [9.17, 15) is 28.9 Å². The highest BCUT2D eigenvalue weighted by Gasteiger charge is 2.23. The van der Waals surface area contributed by atoms with E-state index in [1.807, 2.05) is 0 Å². The molecule has 0 saturated heterocycles. The first kappa shape index (κ1) is 56.4. The Morgan fingerprint density at radius 2 is 0.966 bits per heavy atom. The molecule has 0 aromatic heterocycles. The first-order chi connectivity index (χ1) is 28.0. The van der Waals surface area contributed by atoms with Gasteiger partial charge < -0.3 is 44.7 Å². The number of phosphoric ester groups is 1. The van der Waals surface area contributed by atoms with Crippen LogP contribution < -0.4 is 16.4 Å². The molecule has 58 heavy (non-hydrogen) atoms. The maximum Gasteiger partial charge on any atom is 0.364 e. The molecule has 0 fully saturated rings. The molecule has 0 bridgehead atoms. The minimum absolute atomic E-state index is 0.154. The number of carbonyl (C=O) groups is 3. The number of rotatable bonds is 44. The number of carbonyl (C=O) groups excluding carboxylic acids is 3. The molecule has 0 heterocycles. The number of quaternary nitrogens is 2. The number of unbranched alkanes of at least 4 members (excludes halogenated alkanes) is 25. The molecule has 0 aliphatic carbocycles. The number of phosphoric acid groups is 1. The van der Waals surface area contributed by atoms with Crippen molar-refractivity contribution in [2.24, 2.45) is 0 Å². The Morgan fingerprint density at radius 3 is 1.41 bits per heavy atom. The molecule has 0 amide bonds. The van der Waals surface area contributed by atoms with E-state index in [0.717, 1.165) is 57.9 Å². The maximum atomic E-state index is 12.7. The summed E-state index contributed by atoms with van der Waals surface area (Å²) in [4.78, 5) is 49.9. The molecule has 14 heteroatoms. The third-order valence-corrected chi connectivity index (χ3v) is 11.3. The summed E-state index contributed by atoms with van der Waals surface area (Å²) in [7, 11) is -4.97. The molecule has 0 aromatic carbocycles. The highest BCUT2D eigenvalue weighted by molar-refractivity contribution is 7.45. The Labute approximate surface area is 352 Å². The van der Waals surface area contributed by atoms with Crippen LogP contribution in [-0.4, -0.2) is 74.2 Å². The second-order valence-corrected chi connectivity index (χ2v) is 17.6. The second-order valence-electron chi connectivity index (χ2n) is 16.1. The Morgan fingerprint density at radius 1 is 0.552 bits per heavy atom. The lowest BCUT2D eigenvalue weighted by Gasteiger charge is -2.26. The van der Waals surface area contributed by atoms with E-state index >= 15 is 0 Å². The molecule has 4 atom stereocenters. The fraction of sp³-hybridized carbons (Fsp3) is 0.932. The van der Waals surface area contributed by atoms with Gasteiger partial charge in [0.25, 0.3) is 7.82 Å². The predicted molar refractivity (Wildman–Crippen MR) is 226 cm³/mol. The molecule has 13 nitrogen and oxygen atoms in total. The topological polar surface area (TPSA) is 213 Å². The zero-order valence-electron chi connectivity index (χ0n) is 37.1. The molecule has 0 rings (SSSR count). The summed E-state index contributed by atoms with van der Waals surface area (Å²) >= 11 is 0. The lowest BCUT2D eigenvalue weighted by atomic mass is 10.0. The number of aliphatic hydroxyl groups is 1. The largest absolute Gasteiger partial charge is 0.756 e. The molecule has 7 N–H and O–H groups in total. The van der Waals surface area contributed by atoms with E-state index in [-0.39, 0.29) is 19.4 Å². The number of ether oxygens (including phenoxy) is 3. The van der Waals surface area contributed by atoms with Crippen LogP contribution in [0.1, 0.15) is 213 Å². The van der Waals surface area contributed by atoms with E-state index in [1.54, 1.807) is 0 Å². The van der Waals surface area contributed by atoms with Crippen molar-refractivity contribution in [2.45, 2.75) is 231 Å². The smallest absolute Gasteiger partial charge is 0.364 e. The Balaban J connectivity index is 4.65. The number of hydrogen-bond donors (Lipinski definition) is 3.